The smallest absolute Gasteiger partial charge is 0.422 e. The van der Waals surface area contributed by atoms with E-state index in [1.807, 2.05) is 32.1 Å². The number of amides is 1. The van der Waals surface area contributed by atoms with Gasteiger partial charge in [-0.3, -0.25) is 0 Å². The molecule has 0 aromatic rings. The van der Waals surface area contributed by atoms with Gasteiger partial charge in [0.25, 0.3) is 0 Å². The molecule has 87 valence electrons. The number of nitrogens with two attached hydrogens (primary N) is 1. The minimum atomic E-state index is -1.15. The molecule has 1 rings (SSSR count). The number of hydrogen-bond donors (Lipinski definition) is 3. The lowest BCUT2D eigenvalue weighted by atomic mass is 9.95. The topological polar surface area (TPSA) is 78.6 Å². The number of nitrogens with one attached hydrogen (secondary N) is 1. The molecule has 1 radical (unpaired) electrons. The van der Waals surface area contributed by atoms with Crippen LogP contribution < -0.4 is 11.2 Å². The van der Waals surface area contributed by atoms with Crippen molar-refractivity contribution in [3.05, 3.63) is 42.1 Å². The lowest BCUT2D eigenvalue weighted by molar-refractivity contribution is 0.135. The molecule has 1 aliphatic heterocycles. The van der Waals surface area contributed by atoms with Crippen LogP contribution >= 0.6 is 0 Å². The number of nitrogens with zero attached hydrogens (tertiary/aromatic N) is 1. The second kappa shape index (κ2) is 5.37. The monoisotopic (exact) mass is 222 g/mol. The van der Waals surface area contributed by atoms with E-state index in [9.17, 15) is 4.79 Å². The lowest BCUT2D eigenvalue weighted by Crippen LogP contribution is -2.47. The predicted molar refractivity (Wildman–Crippen MR) is 61.9 cm³/mol. The molecule has 0 aromatic carbocycles. The van der Waals surface area contributed by atoms with Gasteiger partial charge in [-0.15, -0.1) is 0 Å². The van der Waals surface area contributed by atoms with Crippen molar-refractivity contribution >= 4 is 6.09 Å². The van der Waals surface area contributed by atoms with Gasteiger partial charge in [0, 0.05) is 12.4 Å². The second-order valence-corrected chi connectivity index (χ2v) is 3.70. The molecule has 0 aromatic heterocycles. The largest absolute Gasteiger partial charge is 0.464 e. The molecule has 1 heterocycles. The highest BCUT2D eigenvalue weighted by Gasteiger charge is 2.26. The van der Waals surface area contributed by atoms with E-state index >= 15 is 0 Å². The zero-order valence-corrected chi connectivity index (χ0v) is 9.34. The first-order chi connectivity index (χ1) is 7.54. The summed E-state index contributed by atoms with van der Waals surface area (Å²) >= 11 is 0. The van der Waals surface area contributed by atoms with Crippen molar-refractivity contribution in [2.24, 2.45) is 5.84 Å². The van der Waals surface area contributed by atoms with Crippen LogP contribution in [0.15, 0.2) is 36.2 Å². The van der Waals surface area contributed by atoms with Crippen molar-refractivity contribution in [1.82, 2.24) is 10.3 Å². The summed E-state index contributed by atoms with van der Waals surface area (Å²) in [5, 5.41) is 12.6. The fourth-order valence-electron chi connectivity index (χ4n) is 1.52. The number of hydrogen-bond acceptors (Lipinski definition) is 3. The quantitative estimate of drug-likeness (QED) is 0.383. The summed E-state index contributed by atoms with van der Waals surface area (Å²) in [6.45, 7) is 3.70. The third-order valence-corrected chi connectivity index (χ3v) is 2.20. The van der Waals surface area contributed by atoms with E-state index in [4.69, 9.17) is 10.9 Å². The van der Waals surface area contributed by atoms with Gasteiger partial charge < -0.3 is 10.4 Å². The standard InChI is InChI=1S/C11H16N3O2/c1-8(2)10(14(12)11(15)16)9-5-3-4-6-13-7-9/h3-7,10,13H,12H2,1-2H3,(H,15,16). The number of allylic oxidation sites excluding steroid dienone is 2. The van der Waals surface area contributed by atoms with Gasteiger partial charge in [-0.05, 0) is 17.6 Å². The van der Waals surface area contributed by atoms with Gasteiger partial charge in [-0.25, -0.2) is 15.6 Å². The van der Waals surface area contributed by atoms with Gasteiger partial charge in [-0.2, -0.15) is 0 Å². The Labute approximate surface area is 94.9 Å². The Kier molecular flexibility index (Phi) is 4.13. The first kappa shape index (κ1) is 12.3. The maximum atomic E-state index is 10.9. The fraction of sp³-hybridized carbons (Fsp3) is 0.273. The molecule has 5 nitrogen and oxygen atoms in total. The van der Waals surface area contributed by atoms with Gasteiger partial charge in [-0.1, -0.05) is 26.0 Å². The van der Waals surface area contributed by atoms with Gasteiger partial charge in [0.15, 0.2) is 0 Å². The van der Waals surface area contributed by atoms with E-state index in [0.717, 1.165) is 16.5 Å². The minimum absolute atomic E-state index is 0.443. The second-order valence-electron chi connectivity index (χ2n) is 3.70. The zero-order valence-electron chi connectivity index (χ0n) is 9.34. The van der Waals surface area contributed by atoms with E-state index in [0.29, 0.717) is 0 Å². The summed E-state index contributed by atoms with van der Waals surface area (Å²) in [4.78, 5) is 10.9. The van der Waals surface area contributed by atoms with E-state index < -0.39 is 12.1 Å². The van der Waals surface area contributed by atoms with Crippen LogP contribution in [-0.2, 0) is 0 Å². The molecular weight excluding hydrogens is 206 g/mol. The summed E-state index contributed by atoms with van der Waals surface area (Å²) < 4.78 is 0. The van der Waals surface area contributed by atoms with Crippen molar-refractivity contribution < 1.29 is 9.90 Å². The summed E-state index contributed by atoms with van der Waals surface area (Å²) in [6.07, 6.45) is 7.83. The van der Waals surface area contributed by atoms with E-state index in [2.05, 4.69) is 5.32 Å². The van der Waals surface area contributed by atoms with Crippen LogP contribution in [0.3, 0.4) is 0 Å². The van der Waals surface area contributed by atoms with Gasteiger partial charge in [0.1, 0.15) is 0 Å². The van der Waals surface area contributed by atoms with Crippen molar-refractivity contribution in [3.8, 4) is 0 Å². The molecule has 0 bridgehead atoms. The van der Waals surface area contributed by atoms with Crippen molar-refractivity contribution in [3.63, 3.8) is 0 Å². The summed E-state index contributed by atoms with van der Waals surface area (Å²) in [5.41, 5.74) is 0.801. The highest BCUT2D eigenvalue weighted by Crippen LogP contribution is 2.20. The highest BCUT2D eigenvalue weighted by molar-refractivity contribution is 5.66. The Bertz CT molecular complexity index is 345. The van der Waals surface area contributed by atoms with E-state index in [1.165, 1.54) is 0 Å². The molecule has 0 spiro atoms. The maximum Gasteiger partial charge on any atom is 0.422 e. The molecule has 0 saturated heterocycles. The number of hydrazine groups is 1. The average molecular weight is 222 g/mol. The Morgan fingerprint density at radius 1 is 1.50 bits per heavy atom. The van der Waals surface area contributed by atoms with Crippen LogP contribution in [0.2, 0.25) is 0 Å². The highest BCUT2D eigenvalue weighted by atomic mass is 16.4. The molecule has 1 amide bonds. The van der Waals surface area contributed by atoms with Gasteiger partial charge in [0.05, 0.1) is 6.04 Å². The normalized spacial score (nSPS) is 16.4. The summed E-state index contributed by atoms with van der Waals surface area (Å²) in [6, 6.07) is -0.443. The van der Waals surface area contributed by atoms with Crippen LogP contribution in [0.4, 0.5) is 4.79 Å². The maximum absolute atomic E-state index is 10.9. The van der Waals surface area contributed by atoms with Crippen LogP contribution in [-0.4, -0.2) is 22.3 Å². The molecule has 1 unspecified atom stereocenters. The molecule has 5 heteroatoms. The average Bonchev–Trinajstić information content (AvgIpc) is 2.46. The Morgan fingerprint density at radius 3 is 2.75 bits per heavy atom. The Balaban J connectivity index is 2.94. The van der Waals surface area contributed by atoms with Crippen molar-refractivity contribution in [2.45, 2.75) is 19.9 Å². The van der Waals surface area contributed by atoms with Crippen molar-refractivity contribution in [1.29, 1.82) is 0 Å². The van der Waals surface area contributed by atoms with Gasteiger partial charge >= 0.3 is 6.09 Å². The fourth-order valence-corrected chi connectivity index (χ4v) is 1.52. The lowest BCUT2D eigenvalue weighted by Gasteiger charge is -2.28. The van der Waals surface area contributed by atoms with Crippen LogP contribution in [0.25, 0.3) is 0 Å². The molecule has 1 atom stereocenters. The van der Waals surface area contributed by atoms with E-state index in [-0.39, 0.29) is 0 Å². The molecule has 0 saturated carbocycles. The first-order valence-electron chi connectivity index (χ1n) is 4.90. The molecular formula is C11H16N3O2. The predicted octanol–water partition coefficient (Wildman–Crippen LogP) is 1.38. The third kappa shape index (κ3) is 2.87. The number of rotatable bonds is 3. The van der Waals surface area contributed by atoms with Crippen LogP contribution in [0.1, 0.15) is 13.8 Å². The van der Waals surface area contributed by atoms with Gasteiger partial charge in [0.2, 0.25) is 0 Å². The molecule has 1 aliphatic rings. The summed E-state index contributed by atoms with van der Waals surface area (Å²) in [5.74, 6) is 6.44. The Morgan fingerprint density at radius 2 is 2.19 bits per heavy atom. The molecule has 0 fully saturated rings. The van der Waals surface area contributed by atoms with Crippen LogP contribution in [0, 0.1) is 5.92 Å². The SMILES string of the molecule is C[C](C)C(C1=CNC=CC=C1)N(N)C(=O)O. The molecule has 4 N–H and O–H groups in total. The zero-order chi connectivity index (χ0) is 12.1. The van der Waals surface area contributed by atoms with Crippen LogP contribution in [0.5, 0.6) is 0 Å². The number of carbonyl (C=O) groups is 1. The van der Waals surface area contributed by atoms with E-state index in [1.54, 1.807) is 12.4 Å². The molecule has 16 heavy (non-hydrogen) atoms. The third-order valence-electron chi connectivity index (χ3n) is 2.20. The number of carboxylic acid groups (broad SMARTS) is 1. The van der Waals surface area contributed by atoms with Crippen molar-refractivity contribution in [2.75, 3.05) is 0 Å². The first-order valence-corrected chi connectivity index (χ1v) is 4.90. The summed E-state index contributed by atoms with van der Waals surface area (Å²) in [7, 11) is 0. The minimum Gasteiger partial charge on any atom is -0.464 e. The Hall–Kier alpha value is -1.75. The molecule has 0 aliphatic carbocycles.